The number of piperazine rings is 1. The molecule has 0 saturated carbocycles. The first-order chi connectivity index (χ1) is 8.79. The highest BCUT2D eigenvalue weighted by atomic mass is 16.1. The van der Waals surface area contributed by atoms with Crippen LogP contribution in [0, 0.1) is 5.41 Å². The predicted molar refractivity (Wildman–Crippen MR) is 79.0 cm³/mol. The number of nitrogens with one attached hydrogen (secondary N) is 1. The Labute approximate surface area is 117 Å². The predicted octanol–water partition coefficient (Wildman–Crippen LogP) is 0.114. The molecule has 0 spiro atoms. The molecule has 19 heavy (non-hydrogen) atoms. The summed E-state index contributed by atoms with van der Waals surface area (Å²) in [7, 11) is 2.15. The summed E-state index contributed by atoms with van der Waals surface area (Å²) in [5.41, 5.74) is 5.99. The third-order valence-electron chi connectivity index (χ3n) is 3.86. The van der Waals surface area contributed by atoms with Gasteiger partial charge in [0.2, 0.25) is 5.91 Å². The number of likely N-dealkylation sites (N-methyl/N-ethyl adjacent to an activating group) is 1. The number of amides is 1. The van der Waals surface area contributed by atoms with E-state index in [2.05, 4.69) is 42.9 Å². The van der Waals surface area contributed by atoms with Crippen molar-refractivity contribution in [1.29, 1.82) is 0 Å². The topological polar surface area (TPSA) is 61.6 Å². The summed E-state index contributed by atoms with van der Waals surface area (Å²) in [6.07, 6.45) is 0.409. The summed E-state index contributed by atoms with van der Waals surface area (Å²) < 4.78 is 0. The quantitative estimate of drug-likeness (QED) is 0.744. The van der Waals surface area contributed by atoms with E-state index in [0.717, 1.165) is 39.3 Å². The zero-order chi connectivity index (χ0) is 14.5. The molecule has 1 aliphatic heterocycles. The van der Waals surface area contributed by atoms with Gasteiger partial charge in [0.15, 0.2) is 0 Å². The molecular formula is C14H30N4O. The van der Waals surface area contributed by atoms with Crippen LogP contribution >= 0.6 is 0 Å². The molecule has 0 bridgehead atoms. The van der Waals surface area contributed by atoms with E-state index in [1.165, 1.54) is 0 Å². The van der Waals surface area contributed by atoms with Crippen molar-refractivity contribution in [3.05, 3.63) is 0 Å². The summed E-state index contributed by atoms with van der Waals surface area (Å²) in [5, 5.41) is 2.97. The molecule has 1 aliphatic rings. The van der Waals surface area contributed by atoms with Crippen LogP contribution in [0.5, 0.6) is 0 Å². The van der Waals surface area contributed by atoms with Crippen LogP contribution in [0.4, 0.5) is 0 Å². The maximum Gasteiger partial charge on any atom is 0.221 e. The minimum atomic E-state index is -0.0869. The van der Waals surface area contributed by atoms with E-state index in [0.29, 0.717) is 6.42 Å². The van der Waals surface area contributed by atoms with E-state index >= 15 is 0 Å². The Morgan fingerprint density at radius 2 is 1.84 bits per heavy atom. The van der Waals surface area contributed by atoms with Gasteiger partial charge in [0.05, 0.1) is 0 Å². The average Bonchev–Trinajstić information content (AvgIpc) is 2.30. The van der Waals surface area contributed by atoms with Gasteiger partial charge in [-0.1, -0.05) is 20.8 Å². The van der Waals surface area contributed by atoms with Crippen molar-refractivity contribution in [2.75, 3.05) is 46.3 Å². The van der Waals surface area contributed by atoms with Gasteiger partial charge in [-0.25, -0.2) is 0 Å². The Kier molecular flexibility index (Phi) is 6.23. The van der Waals surface area contributed by atoms with Gasteiger partial charge in [-0.05, 0) is 12.5 Å². The molecule has 1 fully saturated rings. The van der Waals surface area contributed by atoms with E-state index in [4.69, 9.17) is 5.73 Å². The Morgan fingerprint density at radius 1 is 1.26 bits per heavy atom. The third-order valence-corrected chi connectivity index (χ3v) is 3.86. The number of hydrogen-bond donors (Lipinski definition) is 2. The number of carbonyl (C=O) groups is 1. The molecule has 0 aromatic carbocycles. The van der Waals surface area contributed by atoms with Crippen molar-refractivity contribution >= 4 is 5.91 Å². The molecule has 0 aliphatic carbocycles. The van der Waals surface area contributed by atoms with Gasteiger partial charge in [-0.2, -0.15) is 0 Å². The van der Waals surface area contributed by atoms with Gasteiger partial charge in [0, 0.05) is 51.7 Å². The second-order valence-electron chi connectivity index (χ2n) is 6.67. The zero-order valence-corrected chi connectivity index (χ0v) is 12.9. The molecule has 0 aromatic heterocycles. The smallest absolute Gasteiger partial charge is 0.221 e. The molecule has 1 heterocycles. The van der Waals surface area contributed by atoms with Crippen LogP contribution in [0.25, 0.3) is 0 Å². The summed E-state index contributed by atoms with van der Waals surface area (Å²) in [6.45, 7) is 12.3. The van der Waals surface area contributed by atoms with Gasteiger partial charge >= 0.3 is 0 Å². The lowest BCUT2D eigenvalue weighted by Crippen LogP contribution is -2.47. The van der Waals surface area contributed by atoms with Crippen molar-refractivity contribution < 1.29 is 4.79 Å². The number of rotatable bonds is 5. The van der Waals surface area contributed by atoms with Crippen LogP contribution in [-0.4, -0.2) is 68.1 Å². The molecule has 3 N–H and O–H groups in total. The first kappa shape index (κ1) is 16.4. The molecule has 5 heteroatoms. The van der Waals surface area contributed by atoms with Gasteiger partial charge < -0.3 is 16.0 Å². The van der Waals surface area contributed by atoms with E-state index in [1.54, 1.807) is 0 Å². The maximum atomic E-state index is 11.8. The van der Waals surface area contributed by atoms with Crippen LogP contribution in [-0.2, 0) is 4.79 Å². The first-order valence-electron chi connectivity index (χ1n) is 7.22. The fraction of sp³-hybridized carbons (Fsp3) is 0.929. The van der Waals surface area contributed by atoms with Crippen molar-refractivity contribution in [2.24, 2.45) is 11.1 Å². The Balaban J connectivity index is 2.14. The van der Waals surface area contributed by atoms with E-state index in [-0.39, 0.29) is 17.4 Å². The molecule has 0 aromatic rings. The van der Waals surface area contributed by atoms with Crippen LogP contribution < -0.4 is 11.1 Å². The summed E-state index contributed by atoms with van der Waals surface area (Å²) in [6, 6.07) is -0.0869. The summed E-state index contributed by atoms with van der Waals surface area (Å²) in [5.74, 6) is 0.0663. The zero-order valence-electron chi connectivity index (χ0n) is 12.9. The lowest BCUT2D eigenvalue weighted by atomic mass is 9.85. The molecule has 0 radical (unpaired) electrons. The number of hydrogen-bond acceptors (Lipinski definition) is 4. The van der Waals surface area contributed by atoms with Crippen molar-refractivity contribution in [3.63, 3.8) is 0 Å². The van der Waals surface area contributed by atoms with Crippen molar-refractivity contribution in [1.82, 2.24) is 15.1 Å². The third kappa shape index (κ3) is 6.36. The number of carbonyl (C=O) groups excluding carboxylic acids is 1. The summed E-state index contributed by atoms with van der Waals surface area (Å²) >= 11 is 0. The van der Waals surface area contributed by atoms with Crippen LogP contribution in [0.15, 0.2) is 0 Å². The van der Waals surface area contributed by atoms with Gasteiger partial charge in [0.25, 0.3) is 0 Å². The van der Waals surface area contributed by atoms with Crippen molar-refractivity contribution in [2.45, 2.75) is 33.2 Å². The number of nitrogens with two attached hydrogens (primary N) is 1. The number of nitrogens with zero attached hydrogens (tertiary/aromatic N) is 2. The van der Waals surface area contributed by atoms with Gasteiger partial charge in [-0.15, -0.1) is 0 Å². The maximum absolute atomic E-state index is 11.8. The minimum absolute atomic E-state index is 0.0191. The fourth-order valence-electron chi connectivity index (χ4n) is 2.00. The van der Waals surface area contributed by atoms with Crippen LogP contribution in [0.2, 0.25) is 0 Å². The SMILES string of the molecule is CN1CCN(CCNC(=O)CC(N)C(C)(C)C)CC1. The fourth-order valence-corrected chi connectivity index (χ4v) is 2.00. The van der Waals surface area contributed by atoms with E-state index in [9.17, 15) is 4.79 Å². The Hall–Kier alpha value is -0.650. The normalized spacial score (nSPS) is 20.3. The minimum Gasteiger partial charge on any atom is -0.355 e. The lowest BCUT2D eigenvalue weighted by Gasteiger charge is -2.32. The van der Waals surface area contributed by atoms with E-state index < -0.39 is 0 Å². The van der Waals surface area contributed by atoms with Gasteiger partial charge in [-0.3, -0.25) is 9.69 Å². The second kappa shape index (κ2) is 7.22. The molecule has 1 unspecified atom stereocenters. The molecule has 5 nitrogen and oxygen atoms in total. The second-order valence-corrected chi connectivity index (χ2v) is 6.67. The largest absolute Gasteiger partial charge is 0.355 e. The highest BCUT2D eigenvalue weighted by Crippen LogP contribution is 2.19. The molecule has 1 saturated heterocycles. The van der Waals surface area contributed by atoms with Crippen LogP contribution in [0.1, 0.15) is 27.2 Å². The first-order valence-corrected chi connectivity index (χ1v) is 7.22. The van der Waals surface area contributed by atoms with Crippen molar-refractivity contribution in [3.8, 4) is 0 Å². The molecule has 1 rings (SSSR count). The highest BCUT2D eigenvalue weighted by molar-refractivity contribution is 5.76. The van der Waals surface area contributed by atoms with Crippen LogP contribution in [0.3, 0.4) is 0 Å². The van der Waals surface area contributed by atoms with E-state index in [1.807, 2.05) is 0 Å². The molecule has 112 valence electrons. The average molecular weight is 270 g/mol. The molecule has 1 amide bonds. The highest BCUT2D eigenvalue weighted by Gasteiger charge is 2.23. The standard InChI is InChI=1S/C14H30N4O/c1-14(2,3)12(15)11-13(19)16-5-6-18-9-7-17(4)8-10-18/h12H,5-11,15H2,1-4H3,(H,16,19). The molecule has 1 atom stereocenters. The Morgan fingerprint density at radius 3 is 2.37 bits per heavy atom. The van der Waals surface area contributed by atoms with Gasteiger partial charge in [0.1, 0.15) is 0 Å². The lowest BCUT2D eigenvalue weighted by molar-refractivity contribution is -0.122. The summed E-state index contributed by atoms with van der Waals surface area (Å²) in [4.78, 5) is 16.5. The monoisotopic (exact) mass is 270 g/mol. The molecular weight excluding hydrogens is 240 g/mol. The Bertz CT molecular complexity index is 280.